The summed E-state index contributed by atoms with van der Waals surface area (Å²) < 4.78 is 19.5. The SMILES string of the molecule is CN1CCC=C(c2nsnc2SCCOCCOCCO)C1. The van der Waals surface area contributed by atoms with E-state index in [1.165, 1.54) is 17.3 Å². The van der Waals surface area contributed by atoms with E-state index in [2.05, 4.69) is 26.8 Å². The number of hydrogen-bond donors (Lipinski definition) is 1. The van der Waals surface area contributed by atoms with Crippen LogP contribution in [0.15, 0.2) is 11.1 Å². The summed E-state index contributed by atoms with van der Waals surface area (Å²) in [4.78, 5) is 2.30. The lowest BCUT2D eigenvalue weighted by Gasteiger charge is -2.22. The molecule has 0 unspecified atom stereocenters. The Bertz CT molecular complexity index is 468. The van der Waals surface area contributed by atoms with Crippen LogP contribution in [0.3, 0.4) is 0 Å². The second-order valence-electron chi connectivity index (χ2n) is 4.97. The maximum Gasteiger partial charge on any atom is 0.138 e. The van der Waals surface area contributed by atoms with Gasteiger partial charge in [-0.1, -0.05) is 6.08 Å². The Morgan fingerprint density at radius 1 is 1.27 bits per heavy atom. The summed E-state index contributed by atoms with van der Waals surface area (Å²) in [6.45, 7) is 4.21. The molecule has 2 rings (SSSR count). The van der Waals surface area contributed by atoms with Crippen LogP contribution in [0.4, 0.5) is 0 Å². The minimum atomic E-state index is 0.0560. The van der Waals surface area contributed by atoms with Crippen LogP contribution in [0.1, 0.15) is 12.1 Å². The first kappa shape index (κ1) is 17.8. The molecule has 1 aromatic rings. The molecule has 6 nitrogen and oxygen atoms in total. The summed E-state index contributed by atoms with van der Waals surface area (Å²) in [7, 11) is 2.13. The van der Waals surface area contributed by atoms with Crippen LogP contribution in [0.5, 0.6) is 0 Å². The smallest absolute Gasteiger partial charge is 0.138 e. The van der Waals surface area contributed by atoms with Crippen molar-refractivity contribution in [3.63, 3.8) is 0 Å². The molecule has 8 heteroatoms. The van der Waals surface area contributed by atoms with Gasteiger partial charge < -0.3 is 19.5 Å². The number of nitrogens with zero attached hydrogens (tertiary/aromatic N) is 3. The summed E-state index contributed by atoms with van der Waals surface area (Å²) in [6, 6.07) is 0. The Balaban J connectivity index is 1.69. The minimum absolute atomic E-state index is 0.0560. The van der Waals surface area contributed by atoms with E-state index in [1.54, 1.807) is 11.8 Å². The lowest BCUT2D eigenvalue weighted by molar-refractivity contribution is 0.0377. The normalized spacial score (nSPS) is 16.0. The molecule has 0 bridgehead atoms. The molecular formula is C14H23N3O3S2. The summed E-state index contributed by atoms with van der Waals surface area (Å²) in [5.74, 6) is 0.849. The van der Waals surface area contributed by atoms with Crippen LogP contribution in [-0.4, -0.2) is 77.7 Å². The van der Waals surface area contributed by atoms with Crippen LogP contribution < -0.4 is 0 Å². The quantitative estimate of drug-likeness (QED) is 0.507. The number of ether oxygens (including phenoxy) is 2. The van der Waals surface area contributed by atoms with Gasteiger partial charge in [0.1, 0.15) is 10.7 Å². The van der Waals surface area contributed by atoms with Gasteiger partial charge in [0.25, 0.3) is 0 Å². The molecule has 1 N–H and O–H groups in total. The average molecular weight is 345 g/mol. The van der Waals surface area contributed by atoms with Crippen molar-refractivity contribution < 1.29 is 14.6 Å². The van der Waals surface area contributed by atoms with E-state index in [-0.39, 0.29) is 6.61 Å². The summed E-state index contributed by atoms with van der Waals surface area (Å²) in [5.41, 5.74) is 2.32. The molecule has 0 saturated carbocycles. The predicted molar refractivity (Wildman–Crippen MR) is 89.4 cm³/mol. The van der Waals surface area contributed by atoms with Gasteiger partial charge in [-0.2, -0.15) is 8.75 Å². The average Bonchev–Trinajstić information content (AvgIpc) is 2.98. The highest BCUT2D eigenvalue weighted by Crippen LogP contribution is 2.28. The molecule has 0 saturated heterocycles. The van der Waals surface area contributed by atoms with Gasteiger partial charge in [0.15, 0.2) is 0 Å². The summed E-state index contributed by atoms with van der Waals surface area (Å²) in [6.07, 6.45) is 3.35. The van der Waals surface area contributed by atoms with Crippen LogP contribution in [-0.2, 0) is 9.47 Å². The van der Waals surface area contributed by atoms with Gasteiger partial charge >= 0.3 is 0 Å². The van der Waals surface area contributed by atoms with Crippen molar-refractivity contribution in [1.82, 2.24) is 13.6 Å². The molecule has 0 atom stereocenters. The summed E-state index contributed by atoms with van der Waals surface area (Å²) >= 11 is 2.96. The predicted octanol–water partition coefficient (Wildman–Crippen LogP) is 1.37. The van der Waals surface area contributed by atoms with Crippen molar-refractivity contribution in [1.29, 1.82) is 0 Å². The van der Waals surface area contributed by atoms with E-state index in [0.29, 0.717) is 26.4 Å². The van der Waals surface area contributed by atoms with E-state index >= 15 is 0 Å². The van der Waals surface area contributed by atoms with Crippen molar-refractivity contribution in [3.05, 3.63) is 11.8 Å². The van der Waals surface area contributed by atoms with Crippen LogP contribution in [0, 0.1) is 0 Å². The second-order valence-corrected chi connectivity index (χ2v) is 6.58. The monoisotopic (exact) mass is 345 g/mol. The topological polar surface area (TPSA) is 67.7 Å². The third-order valence-corrected chi connectivity index (χ3v) is 4.75. The maximum absolute atomic E-state index is 8.57. The standard InChI is InChI=1S/C14H23N3O3S2/c1-17-4-2-3-12(11-17)13-14(16-22-15-13)21-10-9-20-8-7-19-6-5-18/h3,18H,2,4-11H2,1H3. The number of rotatable bonds is 10. The molecule has 124 valence electrons. The zero-order valence-corrected chi connectivity index (χ0v) is 14.5. The summed E-state index contributed by atoms with van der Waals surface area (Å²) in [5, 5.41) is 9.58. The van der Waals surface area contributed by atoms with Gasteiger partial charge in [0.2, 0.25) is 0 Å². The fourth-order valence-corrected chi connectivity index (χ4v) is 3.68. The van der Waals surface area contributed by atoms with E-state index in [9.17, 15) is 0 Å². The fraction of sp³-hybridized carbons (Fsp3) is 0.714. The van der Waals surface area contributed by atoms with Gasteiger partial charge in [-0.3, -0.25) is 0 Å². The van der Waals surface area contributed by atoms with Crippen molar-refractivity contribution in [3.8, 4) is 0 Å². The lowest BCUT2D eigenvalue weighted by Crippen LogP contribution is -2.25. The first-order valence-corrected chi connectivity index (χ1v) is 9.12. The molecule has 1 aromatic heterocycles. The van der Waals surface area contributed by atoms with Gasteiger partial charge in [0, 0.05) is 18.8 Å². The Morgan fingerprint density at radius 2 is 2.09 bits per heavy atom. The van der Waals surface area contributed by atoms with E-state index < -0.39 is 0 Å². The highest BCUT2D eigenvalue weighted by molar-refractivity contribution is 7.99. The van der Waals surface area contributed by atoms with Gasteiger partial charge in [-0.15, -0.1) is 11.8 Å². The molecule has 0 radical (unpaired) electrons. The van der Waals surface area contributed by atoms with Crippen molar-refractivity contribution in [2.75, 3.05) is 58.9 Å². The van der Waals surface area contributed by atoms with E-state index in [0.717, 1.165) is 36.0 Å². The lowest BCUT2D eigenvalue weighted by atomic mass is 10.1. The molecule has 1 aliphatic heterocycles. The molecule has 0 fully saturated rings. The largest absolute Gasteiger partial charge is 0.394 e. The number of likely N-dealkylation sites (N-methyl/N-ethyl adjacent to an activating group) is 1. The molecule has 0 amide bonds. The Hall–Kier alpha value is -0.510. The Labute approximate surface area is 139 Å². The molecule has 0 aromatic carbocycles. The highest BCUT2D eigenvalue weighted by atomic mass is 32.2. The van der Waals surface area contributed by atoms with Gasteiger partial charge in [-0.25, -0.2) is 0 Å². The third kappa shape index (κ3) is 5.94. The van der Waals surface area contributed by atoms with E-state index in [1.807, 2.05) is 0 Å². The second kappa shape index (κ2) is 10.3. The fourth-order valence-electron chi connectivity index (χ4n) is 2.12. The van der Waals surface area contributed by atoms with Crippen molar-refractivity contribution in [2.45, 2.75) is 11.4 Å². The Kier molecular flexibility index (Phi) is 8.35. The first-order valence-electron chi connectivity index (χ1n) is 7.41. The molecule has 2 heterocycles. The maximum atomic E-state index is 8.57. The van der Waals surface area contributed by atoms with Gasteiger partial charge in [0.05, 0.1) is 44.8 Å². The number of aliphatic hydroxyl groups excluding tert-OH is 1. The molecular weight excluding hydrogens is 322 g/mol. The number of aliphatic hydroxyl groups is 1. The highest BCUT2D eigenvalue weighted by Gasteiger charge is 2.17. The zero-order chi connectivity index (χ0) is 15.6. The van der Waals surface area contributed by atoms with Crippen LogP contribution in [0.25, 0.3) is 5.57 Å². The first-order chi connectivity index (χ1) is 10.8. The van der Waals surface area contributed by atoms with Crippen molar-refractivity contribution in [2.24, 2.45) is 0 Å². The minimum Gasteiger partial charge on any atom is -0.394 e. The van der Waals surface area contributed by atoms with E-state index in [4.69, 9.17) is 14.6 Å². The van der Waals surface area contributed by atoms with Crippen LogP contribution in [0.2, 0.25) is 0 Å². The van der Waals surface area contributed by atoms with Gasteiger partial charge in [-0.05, 0) is 19.0 Å². The molecule has 22 heavy (non-hydrogen) atoms. The zero-order valence-electron chi connectivity index (χ0n) is 12.9. The molecule has 0 spiro atoms. The molecule has 0 aliphatic carbocycles. The number of hydrogen-bond acceptors (Lipinski definition) is 8. The number of thioether (sulfide) groups is 1. The van der Waals surface area contributed by atoms with Crippen LogP contribution >= 0.6 is 23.5 Å². The number of aromatic nitrogens is 2. The Morgan fingerprint density at radius 3 is 2.86 bits per heavy atom. The molecule has 1 aliphatic rings. The van der Waals surface area contributed by atoms with Crippen molar-refractivity contribution >= 4 is 29.1 Å². The third-order valence-electron chi connectivity index (χ3n) is 3.18.